The van der Waals surface area contributed by atoms with E-state index < -0.39 is 0 Å². The first kappa shape index (κ1) is 9.93. The predicted molar refractivity (Wildman–Crippen MR) is 58.2 cm³/mol. The minimum atomic E-state index is 0.387. The van der Waals surface area contributed by atoms with Crippen molar-refractivity contribution in [3.63, 3.8) is 0 Å². The Hall–Kier alpha value is -0.610. The monoisotopic (exact) mass is 209 g/mol. The predicted octanol–water partition coefficient (Wildman–Crippen LogP) is 1.76. The average Bonchev–Trinajstić information content (AvgIpc) is 2.56. The summed E-state index contributed by atoms with van der Waals surface area (Å²) in [7, 11) is 0. The molecular weight excluding hydrogens is 194 g/mol. The Morgan fingerprint density at radius 2 is 2.07 bits per heavy atom. The number of aromatic nitrogens is 2. The molecule has 0 bridgehead atoms. The van der Waals surface area contributed by atoms with Gasteiger partial charge in [-0.1, -0.05) is 11.8 Å². The minimum Gasteiger partial charge on any atom is -0.328 e. The molecule has 2 N–H and O–H groups in total. The maximum absolute atomic E-state index is 5.85. The van der Waals surface area contributed by atoms with Crippen LogP contribution in [0.4, 0.5) is 0 Å². The van der Waals surface area contributed by atoms with Crippen LogP contribution < -0.4 is 5.73 Å². The Bertz CT molecular complexity index is 299. The zero-order valence-corrected chi connectivity index (χ0v) is 9.13. The van der Waals surface area contributed by atoms with Crippen molar-refractivity contribution in [1.82, 2.24) is 9.97 Å². The summed E-state index contributed by atoms with van der Waals surface area (Å²) in [6.45, 7) is 2.00. The maximum Gasteiger partial charge on any atom is 0.187 e. The molecule has 0 spiro atoms. The van der Waals surface area contributed by atoms with Crippen molar-refractivity contribution in [2.45, 2.75) is 42.6 Å². The summed E-state index contributed by atoms with van der Waals surface area (Å²) < 4.78 is 0. The Morgan fingerprint density at radius 1 is 1.36 bits per heavy atom. The van der Waals surface area contributed by atoms with Crippen LogP contribution in [0.5, 0.6) is 0 Å². The van der Waals surface area contributed by atoms with Crippen LogP contribution in [0.15, 0.2) is 17.6 Å². The smallest absolute Gasteiger partial charge is 0.187 e. The molecule has 1 aliphatic carbocycles. The van der Waals surface area contributed by atoms with Crippen LogP contribution in [-0.2, 0) is 0 Å². The lowest BCUT2D eigenvalue weighted by Gasteiger charge is -2.06. The lowest BCUT2D eigenvalue weighted by atomic mass is 10.3. The molecule has 14 heavy (non-hydrogen) atoms. The van der Waals surface area contributed by atoms with Crippen LogP contribution in [-0.4, -0.2) is 21.3 Å². The molecule has 0 amide bonds. The highest BCUT2D eigenvalue weighted by Gasteiger charge is 2.23. The quantitative estimate of drug-likeness (QED) is 0.754. The molecule has 1 aliphatic rings. The van der Waals surface area contributed by atoms with Gasteiger partial charge < -0.3 is 5.73 Å². The largest absolute Gasteiger partial charge is 0.328 e. The lowest BCUT2D eigenvalue weighted by Crippen LogP contribution is -2.15. The lowest BCUT2D eigenvalue weighted by molar-refractivity contribution is 0.705. The molecule has 2 atom stereocenters. The summed E-state index contributed by atoms with van der Waals surface area (Å²) in [5, 5.41) is 1.50. The molecule has 1 saturated carbocycles. The van der Waals surface area contributed by atoms with Crippen molar-refractivity contribution >= 4 is 11.8 Å². The van der Waals surface area contributed by atoms with E-state index in [9.17, 15) is 0 Å². The molecule has 0 aromatic carbocycles. The van der Waals surface area contributed by atoms with Crippen LogP contribution in [0.2, 0.25) is 0 Å². The average molecular weight is 209 g/mol. The Labute approximate surface area is 88.5 Å². The topological polar surface area (TPSA) is 51.8 Å². The van der Waals surface area contributed by atoms with Crippen molar-refractivity contribution in [2.75, 3.05) is 0 Å². The number of hydrogen-bond acceptors (Lipinski definition) is 4. The molecule has 0 saturated heterocycles. The first-order valence-corrected chi connectivity index (χ1v) is 5.83. The maximum atomic E-state index is 5.85. The van der Waals surface area contributed by atoms with E-state index in [1.165, 1.54) is 6.42 Å². The normalized spacial score (nSPS) is 26.7. The Morgan fingerprint density at radius 3 is 2.64 bits per heavy atom. The number of aryl methyl sites for hydroxylation is 1. The number of thioether (sulfide) groups is 1. The van der Waals surface area contributed by atoms with Gasteiger partial charge in [0.2, 0.25) is 0 Å². The van der Waals surface area contributed by atoms with Gasteiger partial charge in [-0.05, 0) is 31.7 Å². The number of hydrogen-bond donors (Lipinski definition) is 1. The van der Waals surface area contributed by atoms with Gasteiger partial charge in [-0.3, -0.25) is 0 Å². The second kappa shape index (κ2) is 4.28. The van der Waals surface area contributed by atoms with E-state index in [0.717, 1.165) is 23.6 Å². The molecular formula is C10H15N3S. The van der Waals surface area contributed by atoms with Gasteiger partial charge >= 0.3 is 0 Å². The van der Waals surface area contributed by atoms with Gasteiger partial charge in [0.05, 0.1) is 0 Å². The van der Waals surface area contributed by atoms with E-state index in [4.69, 9.17) is 5.73 Å². The van der Waals surface area contributed by atoms with Gasteiger partial charge in [0.25, 0.3) is 0 Å². The second-order valence-electron chi connectivity index (χ2n) is 3.86. The minimum absolute atomic E-state index is 0.387. The molecule has 1 heterocycles. The highest BCUT2D eigenvalue weighted by Crippen LogP contribution is 2.32. The fraction of sp³-hybridized carbons (Fsp3) is 0.600. The molecule has 0 aliphatic heterocycles. The standard InChI is InChI=1S/C10H15N3S/c1-7-5-12-10(13-6-7)14-9-3-2-8(11)4-9/h5-6,8-9H,2-4,11H2,1H3. The third-order valence-corrected chi connectivity index (χ3v) is 3.64. The first-order valence-electron chi connectivity index (χ1n) is 4.95. The van der Waals surface area contributed by atoms with Gasteiger partial charge in [0.15, 0.2) is 5.16 Å². The summed E-state index contributed by atoms with van der Waals surface area (Å²) in [5.41, 5.74) is 6.96. The fourth-order valence-corrected chi connectivity index (χ4v) is 2.79. The van der Waals surface area contributed by atoms with Crippen LogP contribution in [0.25, 0.3) is 0 Å². The van der Waals surface area contributed by atoms with Crippen molar-refractivity contribution in [1.29, 1.82) is 0 Å². The Kier molecular flexibility index (Phi) is 3.03. The molecule has 0 radical (unpaired) electrons. The first-order chi connectivity index (χ1) is 6.74. The summed E-state index contributed by atoms with van der Waals surface area (Å²) >= 11 is 1.76. The van der Waals surface area contributed by atoms with E-state index in [2.05, 4.69) is 9.97 Å². The number of nitrogens with zero attached hydrogens (tertiary/aromatic N) is 2. The van der Waals surface area contributed by atoms with Crippen LogP contribution >= 0.6 is 11.8 Å². The molecule has 1 aromatic heterocycles. The Balaban J connectivity index is 1.94. The summed E-state index contributed by atoms with van der Waals surface area (Å²) in [4.78, 5) is 8.56. The van der Waals surface area contributed by atoms with Gasteiger partial charge in [-0.25, -0.2) is 9.97 Å². The summed E-state index contributed by atoms with van der Waals surface area (Å²) in [6.07, 6.45) is 7.17. The summed E-state index contributed by atoms with van der Waals surface area (Å²) in [6, 6.07) is 0.387. The van der Waals surface area contributed by atoms with E-state index in [-0.39, 0.29) is 0 Å². The van der Waals surface area contributed by atoms with Crippen LogP contribution in [0.1, 0.15) is 24.8 Å². The second-order valence-corrected chi connectivity index (χ2v) is 5.12. The van der Waals surface area contributed by atoms with Crippen molar-refractivity contribution in [3.05, 3.63) is 18.0 Å². The molecule has 4 heteroatoms. The SMILES string of the molecule is Cc1cnc(SC2CCC(N)C2)nc1. The van der Waals surface area contributed by atoms with Gasteiger partial charge in [0, 0.05) is 23.7 Å². The fourth-order valence-electron chi connectivity index (χ4n) is 1.67. The van der Waals surface area contributed by atoms with Gasteiger partial charge in [-0.2, -0.15) is 0 Å². The number of nitrogens with two attached hydrogens (primary N) is 1. The molecule has 1 fully saturated rings. The van der Waals surface area contributed by atoms with Crippen LogP contribution in [0, 0.1) is 6.92 Å². The van der Waals surface area contributed by atoms with Gasteiger partial charge in [0.1, 0.15) is 0 Å². The molecule has 1 aromatic rings. The zero-order chi connectivity index (χ0) is 9.97. The van der Waals surface area contributed by atoms with E-state index in [1.54, 1.807) is 11.8 Å². The van der Waals surface area contributed by atoms with Crippen LogP contribution in [0.3, 0.4) is 0 Å². The van der Waals surface area contributed by atoms with Crippen molar-refractivity contribution in [3.8, 4) is 0 Å². The van der Waals surface area contributed by atoms with E-state index in [1.807, 2.05) is 19.3 Å². The third kappa shape index (κ3) is 2.45. The highest BCUT2D eigenvalue weighted by atomic mass is 32.2. The zero-order valence-electron chi connectivity index (χ0n) is 8.31. The molecule has 2 unspecified atom stereocenters. The third-order valence-electron chi connectivity index (χ3n) is 2.45. The highest BCUT2D eigenvalue weighted by molar-refractivity contribution is 7.99. The number of rotatable bonds is 2. The molecule has 2 rings (SSSR count). The van der Waals surface area contributed by atoms with E-state index >= 15 is 0 Å². The molecule has 3 nitrogen and oxygen atoms in total. The van der Waals surface area contributed by atoms with Crippen molar-refractivity contribution in [2.24, 2.45) is 5.73 Å². The van der Waals surface area contributed by atoms with E-state index in [0.29, 0.717) is 11.3 Å². The molecule has 76 valence electrons. The van der Waals surface area contributed by atoms with Gasteiger partial charge in [-0.15, -0.1) is 0 Å². The summed E-state index contributed by atoms with van der Waals surface area (Å²) in [5.74, 6) is 0. The van der Waals surface area contributed by atoms with Crippen molar-refractivity contribution < 1.29 is 0 Å².